The van der Waals surface area contributed by atoms with Gasteiger partial charge in [-0.3, -0.25) is 0 Å². The van der Waals surface area contributed by atoms with Gasteiger partial charge in [0.2, 0.25) is 0 Å². The fourth-order valence-electron chi connectivity index (χ4n) is 3.41. The Hall–Kier alpha value is -2.50. The molecule has 0 N–H and O–H groups in total. The summed E-state index contributed by atoms with van der Waals surface area (Å²) in [6, 6.07) is 16.0. The van der Waals surface area contributed by atoms with Crippen molar-refractivity contribution in [3.63, 3.8) is 0 Å². The normalized spacial score (nSPS) is 18.3. The van der Waals surface area contributed by atoms with E-state index in [0.29, 0.717) is 16.5 Å². The third kappa shape index (κ3) is 3.85. The van der Waals surface area contributed by atoms with Crippen LogP contribution < -0.4 is 0 Å². The highest BCUT2D eigenvalue weighted by Crippen LogP contribution is 2.45. The van der Waals surface area contributed by atoms with Crippen molar-refractivity contribution < 1.29 is 9.53 Å². The molecule has 0 unspecified atom stereocenters. The van der Waals surface area contributed by atoms with Crippen LogP contribution in [0.5, 0.6) is 0 Å². The molecular formula is C23H21ClN2O2S. The van der Waals surface area contributed by atoms with E-state index in [2.05, 4.69) is 42.2 Å². The molecule has 0 radical (unpaired) electrons. The minimum atomic E-state index is -0.307. The Morgan fingerprint density at radius 2 is 1.83 bits per heavy atom. The van der Waals surface area contributed by atoms with Gasteiger partial charge >= 0.3 is 5.97 Å². The second-order valence-electron chi connectivity index (χ2n) is 6.92. The second-order valence-corrected chi connectivity index (χ2v) is 8.33. The number of halogens is 1. The molecule has 1 atom stereocenters. The van der Waals surface area contributed by atoms with E-state index in [1.807, 2.05) is 38.1 Å². The molecule has 4 rings (SSSR count). The smallest absolute Gasteiger partial charge is 0.346 e. The van der Waals surface area contributed by atoms with Gasteiger partial charge in [0.15, 0.2) is 5.17 Å². The molecule has 2 heterocycles. The molecule has 0 saturated heterocycles. The molecule has 0 spiro atoms. The maximum Gasteiger partial charge on any atom is 0.346 e. The van der Waals surface area contributed by atoms with E-state index in [1.54, 1.807) is 0 Å². The van der Waals surface area contributed by atoms with E-state index in [9.17, 15) is 4.79 Å². The van der Waals surface area contributed by atoms with E-state index in [-0.39, 0.29) is 12.0 Å². The van der Waals surface area contributed by atoms with Crippen molar-refractivity contribution in [1.29, 1.82) is 0 Å². The van der Waals surface area contributed by atoms with Crippen molar-refractivity contribution in [3.05, 3.63) is 86.9 Å². The Bertz CT molecular complexity index is 1040. The predicted molar refractivity (Wildman–Crippen MR) is 120 cm³/mol. The lowest BCUT2D eigenvalue weighted by atomic mass is 10.00. The zero-order valence-corrected chi connectivity index (χ0v) is 18.1. The van der Waals surface area contributed by atoms with Crippen molar-refractivity contribution >= 4 is 40.2 Å². The molecule has 2 aromatic rings. The predicted octanol–water partition coefficient (Wildman–Crippen LogP) is 5.94. The SMILES string of the molecule is CCOC(=O)C1=C(C)N2C(=NC(c3ccc(C)cc3)=C[C@@H]2c2ccc(Cl)cc2)S1. The highest BCUT2D eigenvalue weighted by molar-refractivity contribution is 8.18. The molecule has 2 aromatic carbocycles. The molecule has 0 amide bonds. The van der Waals surface area contributed by atoms with Crippen molar-refractivity contribution in [1.82, 2.24) is 4.90 Å². The summed E-state index contributed by atoms with van der Waals surface area (Å²) in [6.45, 7) is 6.16. The van der Waals surface area contributed by atoms with Crippen LogP contribution in [0, 0.1) is 6.92 Å². The molecule has 2 aliphatic heterocycles. The van der Waals surface area contributed by atoms with Gasteiger partial charge < -0.3 is 9.64 Å². The highest BCUT2D eigenvalue weighted by Gasteiger charge is 2.38. The molecular weight excluding hydrogens is 404 g/mol. The topological polar surface area (TPSA) is 41.9 Å². The number of allylic oxidation sites excluding steroid dienone is 1. The summed E-state index contributed by atoms with van der Waals surface area (Å²) in [6.07, 6.45) is 2.13. The summed E-state index contributed by atoms with van der Waals surface area (Å²) in [5.41, 5.74) is 5.07. The van der Waals surface area contributed by atoms with Crippen molar-refractivity contribution in [3.8, 4) is 0 Å². The van der Waals surface area contributed by atoms with Crippen molar-refractivity contribution in [2.45, 2.75) is 26.8 Å². The van der Waals surface area contributed by atoms with E-state index >= 15 is 0 Å². The van der Waals surface area contributed by atoms with Gasteiger partial charge in [-0.1, -0.05) is 53.6 Å². The van der Waals surface area contributed by atoms with E-state index in [0.717, 1.165) is 27.7 Å². The number of nitrogens with zero attached hydrogens (tertiary/aromatic N) is 2. The van der Waals surface area contributed by atoms with Gasteiger partial charge in [-0.25, -0.2) is 9.79 Å². The average molecular weight is 425 g/mol. The number of benzene rings is 2. The summed E-state index contributed by atoms with van der Waals surface area (Å²) < 4.78 is 5.25. The number of amidine groups is 1. The first-order chi connectivity index (χ1) is 14.0. The number of thioether (sulfide) groups is 1. The van der Waals surface area contributed by atoms with Gasteiger partial charge in [0, 0.05) is 10.7 Å². The van der Waals surface area contributed by atoms with Crippen LogP contribution in [0.25, 0.3) is 5.70 Å². The quantitative estimate of drug-likeness (QED) is 0.569. The van der Waals surface area contributed by atoms with Gasteiger partial charge in [0.1, 0.15) is 4.91 Å². The number of aliphatic imine (C=N–C) groups is 1. The highest BCUT2D eigenvalue weighted by atomic mass is 35.5. The lowest BCUT2D eigenvalue weighted by Crippen LogP contribution is -2.30. The zero-order valence-electron chi connectivity index (χ0n) is 16.5. The number of rotatable bonds is 4. The van der Waals surface area contributed by atoms with Crippen molar-refractivity contribution in [2.24, 2.45) is 4.99 Å². The monoisotopic (exact) mass is 424 g/mol. The fourth-order valence-corrected chi connectivity index (χ4v) is 4.60. The van der Waals surface area contributed by atoms with E-state index in [1.165, 1.54) is 17.3 Å². The average Bonchev–Trinajstić information content (AvgIpc) is 3.05. The number of carbonyl (C=O) groups is 1. The molecule has 0 aromatic heterocycles. The first-order valence-corrected chi connectivity index (χ1v) is 10.7. The zero-order chi connectivity index (χ0) is 20.5. The van der Waals surface area contributed by atoms with Gasteiger partial charge in [-0.05, 0) is 61.9 Å². The summed E-state index contributed by atoms with van der Waals surface area (Å²) in [7, 11) is 0. The van der Waals surface area contributed by atoms with Crippen molar-refractivity contribution in [2.75, 3.05) is 6.61 Å². The van der Waals surface area contributed by atoms with Gasteiger partial charge in [0.25, 0.3) is 0 Å². The number of hydrogen-bond donors (Lipinski definition) is 0. The number of hydrogen-bond acceptors (Lipinski definition) is 5. The van der Waals surface area contributed by atoms with Crippen LogP contribution in [0.3, 0.4) is 0 Å². The Labute approximate surface area is 179 Å². The van der Waals surface area contributed by atoms with E-state index < -0.39 is 0 Å². The molecule has 2 aliphatic rings. The first kappa shape index (κ1) is 19.8. The van der Waals surface area contributed by atoms with E-state index in [4.69, 9.17) is 21.3 Å². The standard InChI is InChI=1S/C23H21ClN2O2S/c1-4-28-22(27)21-15(3)26-20(17-9-11-18(24)12-10-17)13-19(25-23(26)29-21)16-7-5-14(2)6-8-16/h5-13,20H,4H2,1-3H3/t20-/m1/s1. The molecule has 6 heteroatoms. The lowest BCUT2D eigenvalue weighted by molar-refractivity contribution is -0.137. The molecule has 29 heavy (non-hydrogen) atoms. The number of carbonyl (C=O) groups excluding carboxylic acids is 1. The van der Waals surface area contributed by atoms with Crippen LogP contribution in [-0.4, -0.2) is 22.6 Å². The van der Waals surface area contributed by atoms with Crippen LogP contribution >= 0.6 is 23.4 Å². The Morgan fingerprint density at radius 3 is 2.48 bits per heavy atom. The minimum Gasteiger partial charge on any atom is -0.462 e. The Morgan fingerprint density at radius 1 is 1.14 bits per heavy atom. The lowest BCUT2D eigenvalue weighted by Gasteiger charge is -2.32. The van der Waals surface area contributed by atoms with Crippen LogP contribution in [0.1, 0.15) is 36.6 Å². The summed E-state index contributed by atoms with van der Waals surface area (Å²) in [5, 5.41) is 1.47. The number of ether oxygens (including phenoxy) is 1. The first-order valence-electron chi connectivity index (χ1n) is 9.46. The Kier molecular flexibility index (Phi) is 5.52. The molecule has 4 nitrogen and oxygen atoms in total. The number of fused-ring (bicyclic) bond motifs is 1. The van der Waals surface area contributed by atoms with Crippen LogP contribution in [-0.2, 0) is 9.53 Å². The van der Waals surface area contributed by atoms with Gasteiger partial charge in [-0.15, -0.1) is 0 Å². The largest absolute Gasteiger partial charge is 0.462 e. The molecule has 0 fully saturated rings. The summed E-state index contributed by atoms with van der Waals surface area (Å²) in [5.74, 6) is -0.307. The van der Waals surface area contributed by atoms with Crippen LogP contribution in [0.15, 0.2) is 70.2 Å². The molecule has 0 aliphatic carbocycles. The molecule has 0 bridgehead atoms. The van der Waals surface area contributed by atoms with Gasteiger partial charge in [-0.2, -0.15) is 0 Å². The number of esters is 1. The van der Waals surface area contributed by atoms with Crippen LogP contribution in [0.4, 0.5) is 0 Å². The third-order valence-corrected chi connectivity index (χ3v) is 6.31. The van der Waals surface area contributed by atoms with Crippen LogP contribution in [0.2, 0.25) is 5.02 Å². The number of aryl methyl sites for hydroxylation is 1. The van der Waals surface area contributed by atoms with Gasteiger partial charge in [0.05, 0.1) is 18.3 Å². The molecule has 148 valence electrons. The fraction of sp³-hybridized carbons (Fsp3) is 0.217. The third-order valence-electron chi connectivity index (χ3n) is 4.92. The second kappa shape index (κ2) is 8.09. The maximum atomic E-state index is 12.5. The Balaban J connectivity index is 1.80. The maximum absolute atomic E-state index is 12.5. The summed E-state index contributed by atoms with van der Waals surface area (Å²) in [4.78, 5) is 20.0. The summed E-state index contributed by atoms with van der Waals surface area (Å²) >= 11 is 7.47. The minimum absolute atomic E-state index is 0.0875. The molecule has 0 saturated carbocycles.